The summed E-state index contributed by atoms with van der Waals surface area (Å²) in [6.07, 6.45) is 2.69. The van der Waals surface area contributed by atoms with Crippen molar-refractivity contribution in [3.8, 4) is 0 Å². The molecule has 1 aromatic carbocycles. The van der Waals surface area contributed by atoms with Crippen LogP contribution in [0.2, 0.25) is 0 Å². The standard InChI is InChI=1S/C19H27N3O2.ClH/c1-15-14-17(8-9-20-15)19(24)22-11-5-10-21(12-13-22)18(23)16-6-3-2-4-7-16;/h2-4,6-7,15,17,20H,5,8-14H2,1H3;1H/t15-,17-;/m0./s1. The van der Waals surface area contributed by atoms with Gasteiger partial charge in [-0.1, -0.05) is 18.2 Å². The van der Waals surface area contributed by atoms with Crippen LogP contribution in [0.3, 0.4) is 0 Å². The molecule has 25 heavy (non-hydrogen) atoms. The molecule has 0 radical (unpaired) electrons. The Labute approximate surface area is 156 Å². The Hall–Kier alpha value is -1.59. The van der Waals surface area contributed by atoms with Crippen LogP contribution in [0.1, 0.15) is 36.5 Å². The molecule has 1 N–H and O–H groups in total. The summed E-state index contributed by atoms with van der Waals surface area (Å²) in [5.74, 6) is 0.482. The van der Waals surface area contributed by atoms with Crippen molar-refractivity contribution in [3.63, 3.8) is 0 Å². The first-order chi connectivity index (χ1) is 11.6. The molecule has 3 rings (SSSR count). The third-order valence-corrected chi connectivity index (χ3v) is 5.09. The summed E-state index contributed by atoms with van der Waals surface area (Å²) in [6, 6.07) is 9.81. The van der Waals surface area contributed by atoms with Gasteiger partial charge in [-0.15, -0.1) is 12.4 Å². The summed E-state index contributed by atoms with van der Waals surface area (Å²) in [6.45, 7) is 5.82. The van der Waals surface area contributed by atoms with E-state index in [2.05, 4.69) is 12.2 Å². The van der Waals surface area contributed by atoms with Crippen molar-refractivity contribution in [1.29, 1.82) is 0 Å². The molecule has 2 heterocycles. The Morgan fingerprint density at radius 2 is 1.72 bits per heavy atom. The maximum Gasteiger partial charge on any atom is 0.253 e. The van der Waals surface area contributed by atoms with Crippen LogP contribution in [0.5, 0.6) is 0 Å². The van der Waals surface area contributed by atoms with Gasteiger partial charge in [-0.3, -0.25) is 9.59 Å². The second-order valence-corrected chi connectivity index (χ2v) is 6.91. The molecule has 0 aliphatic carbocycles. The van der Waals surface area contributed by atoms with Crippen LogP contribution in [-0.2, 0) is 4.79 Å². The summed E-state index contributed by atoms with van der Waals surface area (Å²) >= 11 is 0. The molecule has 2 aliphatic rings. The van der Waals surface area contributed by atoms with Gasteiger partial charge in [0.2, 0.25) is 5.91 Å². The summed E-state index contributed by atoms with van der Waals surface area (Å²) in [7, 11) is 0. The van der Waals surface area contributed by atoms with Gasteiger partial charge in [-0.25, -0.2) is 0 Å². The predicted molar refractivity (Wildman–Crippen MR) is 101 cm³/mol. The van der Waals surface area contributed by atoms with Gasteiger partial charge in [0.15, 0.2) is 0 Å². The molecule has 0 unspecified atom stereocenters. The van der Waals surface area contributed by atoms with E-state index in [4.69, 9.17) is 0 Å². The van der Waals surface area contributed by atoms with Crippen molar-refractivity contribution in [2.75, 3.05) is 32.7 Å². The third-order valence-electron chi connectivity index (χ3n) is 5.09. The van der Waals surface area contributed by atoms with E-state index in [1.165, 1.54) is 0 Å². The molecule has 0 bridgehead atoms. The number of rotatable bonds is 2. The molecule has 2 atom stereocenters. The average molecular weight is 366 g/mol. The molecule has 0 saturated carbocycles. The second kappa shape index (κ2) is 9.20. The first kappa shape index (κ1) is 19.7. The number of carbonyl (C=O) groups is 2. The fourth-order valence-electron chi connectivity index (χ4n) is 3.72. The van der Waals surface area contributed by atoms with Crippen molar-refractivity contribution in [1.82, 2.24) is 15.1 Å². The monoisotopic (exact) mass is 365 g/mol. The molecule has 2 fully saturated rings. The number of carbonyl (C=O) groups excluding carboxylic acids is 2. The number of hydrogen-bond acceptors (Lipinski definition) is 3. The van der Waals surface area contributed by atoms with Crippen LogP contribution in [-0.4, -0.2) is 60.4 Å². The molecular formula is C19H28ClN3O2. The predicted octanol–water partition coefficient (Wildman–Crippen LogP) is 2.17. The van der Waals surface area contributed by atoms with Gasteiger partial charge in [0.25, 0.3) is 5.91 Å². The van der Waals surface area contributed by atoms with Crippen molar-refractivity contribution in [2.45, 2.75) is 32.2 Å². The summed E-state index contributed by atoms with van der Waals surface area (Å²) < 4.78 is 0. The second-order valence-electron chi connectivity index (χ2n) is 6.91. The van der Waals surface area contributed by atoms with Gasteiger partial charge in [0.1, 0.15) is 0 Å². The molecular weight excluding hydrogens is 338 g/mol. The van der Waals surface area contributed by atoms with Crippen LogP contribution in [0, 0.1) is 5.92 Å². The van der Waals surface area contributed by atoms with E-state index in [1.807, 2.05) is 40.1 Å². The van der Waals surface area contributed by atoms with Gasteiger partial charge in [-0.2, -0.15) is 0 Å². The van der Waals surface area contributed by atoms with Crippen molar-refractivity contribution >= 4 is 24.2 Å². The molecule has 0 aromatic heterocycles. The minimum absolute atomic E-state index is 0. The lowest BCUT2D eigenvalue weighted by molar-refractivity contribution is -0.136. The molecule has 0 spiro atoms. The summed E-state index contributed by atoms with van der Waals surface area (Å²) in [5.41, 5.74) is 0.726. The van der Waals surface area contributed by atoms with Crippen molar-refractivity contribution < 1.29 is 9.59 Å². The van der Waals surface area contributed by atoms with E-state index in [0.29, 0.717) is 19.1 Å². The van der Waals surface area contributed by atoms with Crippen molar-refractivity contribution in [3.05, 3.63) is 35.9 Å². The maximum absolute atomic E-state index is 12.8. The van der Waals surface area contributed by atoms with Crippen LogP contribution in [0.25, 0.3) is 0 Å². The molecule has 2 saturated heterocycles. The molecule has 2 amide bonds. The lowest BCUT2D eigenvalue weighted by atomic mass is 9.92. The van der Waals surface area contributed by atoms with Crippen LogP contribution in [0.15, 0.2) is 30.3 Å². The zero-order chi connectivity index (χ0) is 16.9. The lowest BCUT2D eigenvalue weighted by Crippen LogP contribution is -2.45. The van der Waals surface area contributed by atoms with E-state index in [1.54, 1.807) is 0 Å². The molecule has 6 heteroatoms. The highest BCUT2D eigenvalue weighted by atomic mass is 35.5. The average Bonchev–Trinajstić information content (AvgIpc) is 2.87. The third kappa shape index (κ3) is 4.95. The quantitative estimate of drug-likeness (QED) is 0.873. The smallest absolute Gasteiger partial charge is 0.253 e. The summed E-state index contributed by atoms with van der Waals surface area (Å²) in [5, 5.41) is 3.40. The van der Waals surface area contributed by atoms with Crippen LogP contribution in [0.4, 0.5) is 0 Å². The Bertz CT molecular complexity index is 581. The van der Waals surface area contributed by atoms with E-state index >= 15 is 0 Å². The number of nitrogens with zero attached hydrogens (tertiary/aromatic N) is 2. The van der Waals surface area contributed by atoms with Gasteiger partial charge in [-0.05, 0) is 44.9 Å². The Kier molecular flexibility index (Phi) is 7.26. The fraction of sp³-hybridized carbons (Fsp3) is 0.579. The number of piperidine rings is 1. The van der Waals surface area contributed by atoms with Crippen LogP contribution < -0.4 is 5.32 Å². The number of amides is 2. The van der Waals surface area contributed by atoms with Crippen molar-refractivity contribution in [2.24, 2.45) is 5.92 Å². The molecule has 1 aromatic rings. The molecule has 5 nitrogen and oxygen atoms in total. The number of halogens is 1. The summed E-state index contributed by atoms with van der Waals surface area (Å²) in [4.78, 5) is 29.2. The highest BCUT2D eigenvalue weighted by molar-refractivity contribution is 5.94. The van der Waals surface area contributed by atoms with Gasteiger partial charge >= 0.3 is 0 Å². The lowest BCUT2D eigenvalue weighted by Gasteiger charge is -2.31. The van der Waals surface area contributed by atoms with E-state index in [-0.39, 0.29) is 30.1 Å². The number of hydrogen-bond donors (Lipinski definition) is 1. The van der Waals surface area contributed by atoms with E-state index in [0.717, 1.165) is 44.5 Å². The SMILES string of the molecule is C[C@H]1C[C@@H](C(=O)N2CCCN(C(=O)c3ccccc3)CC2)CCN1.Cl. The van der Waals surface area contributed by atoms with Crippen LogP contribution >= 0.6 is 12.4 Å². The fourth-order valence-corrected chi connectivity index (χ4v) is 3.72. The Balaban J connectivity index is 0.00000225. The highest BCUT2D eigenvalue weighted by Crippen LogP contribution is 2.20. The number of nitrogens with one attached hydrogen (secondary N) is 1. The maximum atomic E-state index is 12.8. The number of benzene rings is 1. The molecule has 2 aliphatic heterocycles. The minimum Gasteiger partial charge on any atom is -0.341 e. The van der Waals surface area contributed by atoms with Gasteiger partial charge in [0.05, 0.1) is 0 Å². The molecule has 138 valence electrons. The minimum atomic E-state index is 0. The first-order valence-electron chi connectivity index (χ1n) is 9.01. The van der Waals surface area contributed by atoms with Gasteiger partial charge < -0.3 is 15.1 Å². The zero-order valence-electron chi connectivity index (χ0n) is 14.8. The zero-order valence-corrected chi connectivity index (χ0v) is 15.6. The largest absolute Gasteiger partial charge is 0.341 e. The topological polar surface area (TPSA) is 52.7 Å². The first-order valence-corrected chi connectivity index (χ1v) is 9.01. The Morgan fingerprint density at radius 3 is 2.44 bits per heavy atom. The Morgan fingerprint density at radius 1 is 1.04 bits per heavy atom. The normalized spacial score (nSPS) is 24.2. The van der Waals surface area contributed by atoms with E-state index < -0.39 is 0 Å². The van der Waals surface area contributed by atoms with E-state index in [9.17, 15) is 9.59 Å². The highest BCUT2D eigenvalue weighted by Gasteiger charge is 2.30. The van der Waals surface area contributed by atoms with Gasteiger partial charge in [0, 0.05) is 43.7 Å².